The number of unbranched alkanes of at least 4 members (excludes halogenated alkanes) is 58. The van der Waals surface area contributed by atoms with Crippen molar-refractivity contribution in [3.63, 3.8) is 0 Å². The lowest BCUT2D eigenvalue weighted by molar-refractivity contribution is -0.167. The largest absolute Gasteiger partial charge is 0.462 e. The van der Waals surface area contributed by atoms with E-state index in [0.29, 0.717) is 19.3 Å². The lowest BCUT2D eigenvalue weighted by Gasteiger charge is -2.18. The molecule has 0 amide bonds. The monoisotopic (exact) mass is 1120 g/mol. The van der Waals surface area contributed by atoms with Gasteiger partial charge in [-0.15, -0.1) is 0 Å². The average Bonchev–Trinajstić information content (AvgIpc) is 3.45. The van der Waals surface area contributed by atoms with Gasteiger partial charge in [-0.05, 0) is 19.3 Å². The van der Waals surface area contributed by atoms with E-state index in [-0.39, 0.29) is 31.1 Å². The van der Waals surface area contributed by atoms with Crippen LogP contribution in [0.4, 0.5) is 0 Å². The third-order valence-electron chi connectivity index (χ3n) is 17.1. The second-order valence-electron chi connectivity index (χ2n) is 25.2. The van der Waals surface area contributed by atoms with Gasteiger partial charge in [0.15, 0.2) is 6.10 Å². The Hall–Kier alpha value is -1.59. The van der Waals surface area contributed by atoms with Crippen LogP contribution in [0.2, 0.25) is 0 Å². The van der Waals surface area contributed by atoms with E-state index in [1.54, 1.807) is 0 Å². The zero-order valence-electron chi connectivity index (χ0n) is 54.2. The van der Waals surface area contributed by atoms with Gasteiger partial charge in [-0.2, -0.15) is 0 Å². The zero-order valence-corrected chi connectivity index (χ0v) is 54.2. The van der Waals surface area contributed by atoms with E-state index in [0.717, 1.165) is 57.8 Å². The fourth-order valence-corrected chi connectivity index (χ4v) is 11.6. The summed E-state index contributed by atoms with van der Waals surface area (Å²) in [5.74, 6) is -0.825. The van der Waals surface area contributed by atoms with Gasteiger partial charge in [0.1, 0.15) is 13.2 Å². The van der Waals surface area contributed by atoms with E-state index in [2.05, 4.69) is 20.8 Å². The maximum absolute atomic E-state index is 12.9. The second-order valence-corrected chi connectivity index (χ2v) is 25.2. The molecule has 0 saturated carbocycles. The van der Waals surface area contributed by atoms with E-state index in [1.807, 2.05) is 0 Å². The van der Waals surface area contributed by atoms with Crippen molar-refractivity contribution in [2.45, 2.75) is 438 Å². The molecule has 1 unspecified atom stereocenters. The van der Waals surface area contributed by atoms with Gasteiger partial charge in [0.25, 0.3) is 0 Å². The Morgan fingerprint density at radius 2 is 0.342 bits per heavy atom. The quantitative estimate of drug-likeness (QED) is 0.0343. The summed E-state index contributed by atoms with van der Waals surface area (Å²) >= 11 is 0. The van der Waals surface area contributed by atoms with Crippen LogP contribution in [0.1, 0.15) is 432 Å². The van der Waals surface area contributed by atoms with Crippen LogP contribution < -0.4 is 0 Å². The van der Waals surface area contributed by atoms with E-state index in [4.69, 9.17) is 14.2 Å². The van der Waals surface area contributed by atoms with Crippen LogP contribution >= 0.6 is 0 Å². The molecule has 0 aromatic carbocycles. The van der Waals surface area contributed by atoms with Gasteiger partial charge in [0.05, 0.1) is 0 Å². The fraction of sp³-hybridized carbons (Fsp3) is 0.959. The summed E-state index contributed by atoms with van der Waals surface area (Å²) in [5.41, 5.74) is 0. The molecular formula is C73H142O6. The molecule has 0 heterocycles. The Balaban J connectivity index is 4.04. The number of hydrogen-bond acceptors (Lipinski definition) is 6. The first-order valence-electron chi connectivity index (χ1n) is 36.5. The molecular weight excluding hydrogens is 973 g/mol. The highest BCUT2D eigenvalue weighted by molar-refractivity contribution is 5.71. The van der Waals surface area contributed by atoms with E-state index >= 15 is 0 Å². The summed E-state index contributed by atoms with van der Waals surface area (Å²) in [7, 11) is 0. The highest BCUT2D eigenvalue weighted by Gasteiger charge is 2.20. The van der Waals surface area contributed by atoms with Crippen LogP contribution in [0.15, 0.2) is 0 Å². The van der Waals surface area contributed by atoms with Crippen molar-refractivity contribution in [3.8, 4) is 0 Å². The summed E-state index contributed by atoms with van der Waals surface area (Å²) < 4.78 is 17.0. The highest BCUT2D eigenvalue weighted by atomic mass is 16.6. The van der Waals surface area contributed by atoms with Crippen LogP contribution in [0.25, 0.3) is 0 Å². The number of esters is 3. The van der Waals surface area contributed by atoms with Crippen molar-refractivity contribution in [2.75, 3.05) is 13.2 Å². The normalized spacial score (nSPS) is 11.9. The molecule has 0 aromatic rings. The molecule has 1 atom stereocenters. The van der Waals surface area contributed by atoms with Gasteiger partial charge in [0, 0.05) is 19.3 Å². The molecule has 0 radical (unpaired) electrons. The van der Waals surface area contributed by atoms with Gasteiger partial charge < -0.3 is 14.2 Å². The molecule has 0 aliphatic carbocycles. The number of carbonyl (C=O) groups excluding carboxylic acids is 3. The lowest BCUT2D eigenvalue weighted by Crippen LogP contribution is -2.30. The van der Waals surface area contributed by atoms with E-state index in [1.165, 1.54) is 334 Å². The molecule has 0 bridgehead atoms. The molecule has 0 fully saturated rings. The fourth-order valence-electron chi connectivity index (χ4n) is 11.6. The van der Waals surface area contributed by atoms with Gasteiger partial charge in [-0.1, -0.05) is 393 Å². The smallest absolute Gasteiger partial charge is 0.306 e. The van der Waals surface area contributed by atoms with Crippen molar-refractivity contribution in [3.05, 3.63) is 0 Å². The van der Waals surface area contributed by atoms with Gasteiger partial charge >= 0.3 is 17.9 Å². The second kappa shape index (κ2) is 68.9. The Kier molecular flexibility index (Phi) is 67.5. The molecule has 470 valence electrons. The molecule has 0 rings (SSSR count). The summed E-state index contributed by atoms with van der Waals surface area (Å²) in [5, 5.41) is 0. The van der Waals surface area contributed by atoms with Crippen molar-refractivity contribution in [1.82, 2.24) is 0 Å². The lowest BCUT2D eigenvalue weighted by atomic mass is 10.0. The molecule has 0 aromatic heterocycles. The van der Waals surface area contributed by atoms with Crippen LogP contribution in [0.5, 0.6) is 0 Å². The molecule has 0 spiro atoms. The number of hydrogen-bond donors (Lipinski definition) is 0. The van der Waals surface area contributed by atoms with Crippen molar-refractivity contribution >= 4 is 17.9 Å². The number of ether oxygens (including phenoxy) is 3. The molecule has 6 nitrogen and oxygen atoms in total. The van der Waals surface area contributed by atoms with Crippen molar-refractivity contribution < 1.29 is 28.6 Å². The summed E-state index contributed by atoms with van der Waals surface area (Å²) in [6.45, 7) is 6.72. The first kappa shape index (κ1) is 77.4. The Morgan fingerprint density at radius 3 is 0.506 bits per heavy atom. The first-order chi connectivity index (χ1) is 39.0. The standard InChI is InChI=1S/C73H142O6/c1-4-7-10-13-16-19-21-23-25-27-29-31-33-35-36-37-38-40-41-43-45-47-49-51-54-57-60-63-66-72(75)78-69-70(68-77-71(74)65-62-59-56-53-18-15-12-9-6-3)79-73(76)67-64-61-58-55-52-50-48-46-44-42-39-34-32-30-28-26-24-22-20-17-14-11-8-5-2/h70H,4-69H2,1-3H3. The Morgan fingerprint density at radius 1 is 0.203 bits per heavy atom. The van der Waals surface area contributed by atoms with Gasteiger partial charge in [-0.25, -0.2) is 0 Å². The van der Waals surface area contributed by atoms with Gasteiger partial charge in [-0.3, -0.25) is 14.4 Å². The third kappa shape index (κ3) is 67.1. The predicted octanol–water partition coefficient (Wildman–Crippen LogP) is 25.0. The van der Waals surface area contributed by atoms with Crippen LogP contribution in [0, 0.1) is 0 Å². The summed E-state index contributed by atoms with van der Waals surface area (Å²) in [6, 6.07) is 0. The topological polar surface area (TPSA) is 78.9 Å². The minimum absolute atomic E-state index is 0.0607. The minimum Gasteiger partial charge on any atom is -0.462 e. The van der Waals surface area contributed by atoms with E-state index in [9.17, 15) is 14.4 Å². The molecule has 0 aliphatic rings. The minimum atomic E-state index is -0.762. The maximum atomic E-state index is 12.9. The SMILES string of the molecule is CCCCCCCCCCCCCCCCCCCCCCCCCCCCCCC(=O)OCC(COC(=O)CCCCCCCCCCC)OC(=O)CCCCCCCCCCCCCCCCCCCCCCCCCC. The van der Waals surface area contributed by atoms with Crippen molar-refractivity contribution in [1.29, 1.82) is 0 Å². The molecule has 0 aliphatic heterocycles. The Labute approximate surface area is 495 Å². The third-order valence-corrected chi connectivity index (χ3v) is 17.1. The number of rotatable bonds is 69. The van der Waals surface area contributed by atoms with Crippen LogP contribution in [-0.4, -0.2) is 37.2 Å². The number of carbonyl (C=O) groups is 3. The zero-order chi connectivity index (χ0) is 57.1. The first-order valence-corrected chi connectivity index (χ1v) is 36.5. The molecule has 0 N–H and O–H groups in total. The molecule has 79 heavy (non-hydrogen) atoms. The Bertz CT molecular complexity index is 1190. The average molecular weight is 1120 g/mol. The molecule has 0 saturated heterocycles. The van der Waals surface area contributed by atoms with E-state index < -0.39 is 6.10 Å². The van der Waals surface area contributed by atoms with Crippen LogP contribution in [-0.2, 0) is 28.6 Å². The predicted molar refractivity (Wildman–Crippen MR) is 344 cm³/mol. The van der Waals surface area contributed by atoms with Crippen molar-refractivity contribution in [2.24, 2.45) is 0 Å². The highest BCUT2D eigenvalue weighted by Crippen LogP contribution is 2.20. The summed E-state index contributed by atoms with van der Waals surface area (Å²) in [6.07, 6.45) is 81.7. The summed E-state index contributed by atoms with van der Waals surface area (Å²) in [4.78, 5) is 38.3. The maximum Gasteiger partial charge on any atom is 0.306 e. The molecule has 6 heteroatoms. The van der Waals surface area contributed by atoms with Crippen LogP contribution in [0.3, 0.4) is 0 Å². The van der Waals surface area contributed by atoms with Gasteiger partial charge in [0.2, 0.25) is 0 Å².